The van der Waals surface area contributed by atoms with Crippen molar-refractivity contribution in [2.24, 2.45) is 13.0 Å². The third-order valence-electron chi connectivity index (χ3n) is 3.85. The van der Waals surface area contributed by atoms with Crippen molar-refractivity contribution < 1.29 is 9.53 Å². The highest BCUT2D eigenvalue weighted by Crippen LogP contribution is 2.43. The number of methoxy groups -OCH3 is 1. The Morgan fingerprint density at radius 3 is 2.62 bits per heavy atom. The number of hydrogen-bond donors (Lipinski definition) is 1. The Labute approximate surface area is 130 Å². The number of ether oxygens (including phenoxy) is 1. The van der Waals surface area contributed by atoms with E-state index in [-0.39, 0.29) is 12.0 Å². The van der Waals surface area contributed by atoms with Crippen LogP contribution in [0.5, 0.6) is 0 Å². The van der Waals surface area contributed by atoms with Crippen LogP contribution in [0.4, 0.5) is 0 Å². The number of thioether (sulfide) groups is 1. The van der Waals surface area contributed by atoms with Gasteiger partial charge in [0.25, 0.3) is 0 Å². The summed E-state index contributed by atoms with van der Waals surface area (Å²) in [6.07, 6.45) is 2.13. The summed E-state index contributed by atoms with van der Waals surface area (Å²) in [5, 5.41) is 12.5. The Balaban J connectivity index is 2.18. The van der Waals surface area contributed by atoms with Crippen LogP contribution < -0.4 is 5.32 Å². The molecule has 0 spiro atoms. The Kier molecular flexibility index (Phi) is 4.93. The van der Waals surface area contributed by atoms with Gasteiger partial charge in [-0.1, -0.05) is 11.8 Å². The number of carbonyl (C=O) groups excluding carboxylic acids is 1. The van der Waals surface area contributed by atoms with Crippen LogP contribution in [-0.4, -0.2) is 45.2 Å². The molecule has 1 N–H and O–H groups in total. The van der Waals surface area contributed by atoms with Gasteiger partial charge in [0.2, 0.25) is 0 Å². The van der Waals surface area contributed by atoms with Crippen molar-refractivity contribution >= 4 is 17.7 Å². The second kappa shape index (κ2) is 6.36. The van der Waals surface area contributed by atoms with E-state index in [4.69, 9.17) is 4.74 Å². The lowest BCUT2D eigenvalue weighted by molar-refractivity contribution is -0.148. The summed E-state index contributed by atoms with van der Waals surface area (Å²) in [4.78, 5) is 12.4. The molecule has 1 saturated carbocycles. The molecule has 1 aromatic heterocycles. The number of aryl methyl sites for hydroxylation is 1. The summed E-state index contributed by atoms with van der Waals surface area (Å²) < 4.78 is 7.02. The van der Waals surface area contributed by atoms with Crippen LogP contribution >= 0.6 is 11.8 Å². The lowest BCUT2D eigenvalue weighted by Gasteiger charge is -2.33. The number of rotatable bonds is 7. The molecular weight excluding hydrogens is 288 g/mol. The van der Waals surface area contributed by atoms with Gasteiger partial charge < -0.3 is 9.30 Å². The maximum atomic E-state index is 12.4. The van der Waals surface area contributed by atoms with Crippen molar-refractivity contribution in [3.63, 3.8) is 0 Å². The molecule has 0 saturated heterocycles. The summed E-state index contributed by atoms with van der Waals surface area (Å²) >= 11 is 1.55. The van der Waals surface area contributed by atoms with Gasteiger partial charge in [-0.2, -0.15) is 0 Å². The molecule has 0 bridgehead atoms. The van der Waals surface area contributed by atoms with Crippen molar-refractivity contribution in [2.45, 2.75) is 50.4 Å². The van der Waals surface area contributed by atoms with E-state index >= 15 is 0 Å². The predicted molar refractivity (Wildman–Crippen MR) is 82.2 cm³/mol. The molecule has 7 heteroatoms. The molecule has 0 radical (unpaired) electrons. The van der Waals surface area contributed by atoms with Crippen LogP contribution in [-0.2, 0) is 16.6 Å². The quantitative estimate of drug-likeness (QED) is 0.608. The van der Waals surface area contributed by atoms with E-state index in [1.807, 2.05) is 18.5 Å². The molecule has 0 aliphatic heterocycles. The monoisotopic (exact) mass is 312 g/mol. The van der Waals surface area contributed by atoms with E-state index in [0.717, 1.165) is 23.8 Å². The van der Waals surface area contributed by atoms with E-state index in [1.165, 1.54) is 7.11 Å². The molecule has 0 aromatic carbocycles. The summed E-state index contributed by atoms with van der Waals surface area (Å²) in [7, 11) is 3.39. The van der Waals surface area contributed by atoms with E-state index in [0.29, 0.717) is 11.7 Å². The predicted octanol–water partition coefficient (Wildman–Crippen LogP) is 1.54. The minimum Gasteiger partial charge on any atom is -0.468 e. The van der Waals surface area contributed by atoms with Crippen molar-refractivity contribution in [3.05, 3.63) is 5.82 Å². The van der Waals surface area contributed by atoms with Gasteiger partial charge in [-0.3, -0.25) is 10.1 Å². The maximum absolute atomic E-state index is 12.4. The number of aromatic nitrogens is 3. The molecule has 118 valence electrons. The zero-order valence-corrected chi connectivity index (χ0v) is 14.2. The highest BCUT2D eigenvalue weighted by atomic mass is 32.2. The normalized spacial score (nSPS) is 17.8. The van der Waals surface area contributed by atoms with Crippen molar-refractivity contribution in [2.75, 3.05) is 12.9 Å². The van der Waals surface area contributed by atoms with Gasteiger partial charge in [-0.15, -0.1) is 10.2 Å². The van der Waals surface area contributed by atoms with Crippen LogP contribution in [0.15, 0.2) is 5.16 Å². The largest absolute Gasteiger partial charge is 0.468 e. The topological polar surface area (TPSA) is 69.0 Å². The number of esters is 1. The molecular formula is C14H24N4O2S. The molecule has 1 aliphatic rings. The summed E-state index contributed by atoms with van der Waals surface area (Å²) in [5.41, 5.74) is -0.632. The number of nitrogens with one attached hydrogen (secondary N) is 1. The average Bonchev–Trinajstić information content (AvgIpc) is 3.24. The molecule has 2 rings (SSSR count). The van der Waals surface area contributed by atoms with Gasteiger partial charge >= 0.3 is 5.97 Å². The molecule has 1 aromatic rings. The highest BCUT2D eigenvalue weighted by molar-refractivity contribution is 7.99. The lowest BCUT2D eigenvalue weighted by atomic mass is 9.94. The summed E-state index contributed by atoms with van der Waals surface area (Å²) in [5.74, 6) is 1.64. The fourth-order valence-electron chi connectivity index (χ4n) is 2.53. The van der Waals surface area contributed by atoms with E-state index in [2.05, 4.69) is 29.4 Å². The molecule has 6 nitrogen and oxygen atoms in total. The molecule has 1 heterocycles. The Hall–Kier alpha value is -1.08. The highest BCUT2D eigenvalue weighted by Gasteiger charge is 2.52. The van der Waals surface area contributed by atoms with Gasteiger partial charge in [0.1, 0.15) is 11.4 Å². The third kappa shape index (κ3) is 3.40. The van der Waals surface area contributed by atoms with Crippen molar-refractivity contribution in [3.8, 4) is 0 Å². The van der Waals surface area contributed by atoms with Gasteiger partial charge in [0, 0.05) is 18.8 Å². The number of nitrogens with zero attached hydrogens (tertiary/aromatic N) is 3. The molecule has 21 heavy (non-hydrogen) atoms. The smallest absolute Gasteiger partial charge is 0.327 e. The first-order valence-corrected chi connectivity index (χ1v) is 8.24. The van der Waals surface area contributed by atoms with E-state index < -0.39 is 5.54 Å². The molecule has 1 aliphatic carbocycles. The van der Waals surface area contributed by atoms with Gasteiger partial charge in [-0.05, 0) is 39.5 Å². The fraction of sp³-hybridized carbons (Fsp3) is 0.786. The first-order valence-electron chi connectivity index (χ1n) is 7.25. The van der Waals surface area contributed by atoms with Gasteiger partial charge in [0.05, 0.1) is 7.11 Å². The summed E-state index contributed by atoms with van der Waals surface area (Å²) in [6.45, 7) is 6.02. The van der Waals surface area contributed by atoms with Gasteiger partial charge in [0.15, 0.2) is 5.16 Å². The SMILES string of the molecule is COC(=O)C(CSc1nnc(C)n1C)(NC(C)C)C1CC1. The van der Waals surface area contributed by atoms with Crippen LogP contribution in [0.2, 0.25) is 0 Å². The molecule has 1 unspecified atom stereocenters. The van der Waals surface area contributed by atoms with Crippen LogP contribution in [0.3, 0.4) is 0 Å². The van der Waals surface area contributed by atoms with Crippen LogP contribution in [0, 0.1) is 12.8 Å². The second-order valence-corrected chi connectivity index (χ2v) is 6.86. The average molecular weight is 312 g/mol. The Morgan fingerprint density at radius 1 is 1.52 bits per heavy atom. The Morgan fingerprint density at radius 2 is 2.19 bits per heavy atom. The summed E-state index contributed by atoms with van der Waals surface area (Å²) in [6, 6.07) is 0.214. The third-order valence-corrected chi connectivity index (χ3v) is 5.07. The zero-order chi connectivity index (χ0) is 15.6. The first kappa shape index (κ1) is 16.3. The van der Waals surface area contributed by atoms with E-state index in [9.17, 15) is 4.79 Å². The minimum atomic E-state index is -0.632. The maximum Gasteiger partial charge on any atom is 0.327 e. The first-order chi connectivity index (χ1) is 9.90. The molecule has 0 amide bonds. The number of carbonyl (C=O) groups is 1. The van der Waals surface area contributed by atoms with Gasteiger partial charge in [-0.25, -0.2) is 0 Å². The lowest BCUT2D eigenvalue weighted by Crippen LogP contribution is -2.59. The van der Waals surface area contributed by atoms with Crippen LogP contribution in [0.1, 0.15) is 32.5 Å². The standard InChI is InChI=1S/C14H24N4O2S/c1-9(2)15-14(11-6-7-11,12(19)20-5)8-21-13-17-16-10(3)18(13)4/h9,11,15H,6-8H2,1-5H3. The van der Waals surface area contributed by atoms with Crippen LogP contribution in [0.25, 0.3) is 0 Å². The second-order valence-electron chi connectivity index (χ2n) is 5.91. The molecule has 1 atom stereocenters. The Bertz CT molecular complexity index is 513. The van der Waals surface area contributed by atoms with Crippen molar-refractivity contribution in [1.82, 2.24) is 20.1 Å². The number of hydrogen-bond acceptors (Lipinski definition) is 6. The van der Waals surface area contributed by atoms with E-state index in [1.54, 1.807) is 11.8 Å². The fourth-order valence-corrected chi connectivity index (χ4v) is 3.75. The minimum absolute atomic E-state index is 0.176. The van der Waals surface area contributed by atoms with Crippen molar-refractivity contribution in [1.29, 1.82) is 0 Å². The molecule has 1 fully saturated rings. The zero-order valence-electron chi connectivity index (χ0n) is 13.3.